The molecule has 1 unspecified atom stereocenters. The van der Waals surface area contributed by atoms with Crippen molar-refractivity contribution in [2.24, 2.45) is 0 Å². The van der Waals surface area contributed by atoms with Crippen LogP contribution in [0.15, 0.2) is 22.6 Å². The fourth-order valence-corrected chi connectivity index (χ4v) is 3.67. The highest BCUT2D eigenvalue weighted by Crippen LogP contribution is 2.32. The van der Waals surface area contributed by atoms with E-state index >= 15 is 0 Å². The minimum atomic E-state index is -1.38. The fourth-order valence-electron chi connectivity index (χ4n) is 2.60. The van der Waals surface area contributed by atoms with Crippen molar-refractivity contribution in [2.45, 2.75) is 26.0 Å². The van der Waals surface area contributed by atoms with Gasteiger partial charge < -0.3 is 23.9 Å². The van der Waals surface area contributed by atoms with Crippen LogP contribution in [0.2, 0.25) is 0 Å². The molecule has 1 aromatic carbocycles. The largest absolute Gasteiger partial charge is 0.493 e. The third-order valence-corrected chi connectivity index (χ3v) is 5.28. The number of hydrogen-bond acceptors (Lipinski definition) is 7. The number of nitrogens with zero attached hydrogens (tertiary/aromatic N) is 1. The Hall–Kier alpha value is -2.39. The zero-order chi connectivity index (χ0) is 21.2. The van der Waals surface area contributed by atoms with Crippen LogP contribution in [-0.2, 0) is 26.1 Å². The van der Waals surface area contributed by atoms with Gasteiger partial charge in [0, 0.05) is 36.1 Å². The van der Waals surface area contributed by atoms with Crippen LogP contribution in [0, 0.1) is 6.92 Å². The molecule has 1 aromatic heterocycles. The second-order valence-electron chi connectivity index (χ2n) is 6.22. The summed E-state index contributed by atoms with van der Waals surface area (Å²) in [5, 5.41) is 2.75. The molecular formula is C20H28N2O6S. The molecule has 1 atom stereocenters. The Morgan fingerprint density at radius 1 is 1.24 bits per heavy atom. The summed E-state index contributed by atoms with van der Waals surface area (Å²) >= 11 is 0. The van der Waals surface area contributed by atoms with E-state index in [2.05, 4.69) is 10.3 Å². The summed E-state index contributed by atoms with van der Waals surface area (Å²) in [7, 11) is 1.73. The summed E-state index contributed by atoms with van der Waals surface area (Å²) in [6.45, 7) is 5.43. The maximum Gasteiger partial charge on any atom is 0.232 e. The number of carbonyl (C=O) groups is 1. The van der Waals surface area contributed by atoms with Gasteiger partial charge in [-0.15, -0.1) is 0 Å². The van der Waals surface area contributed by atoms with E-state index in [1.807, 2.05) is 13.0 Å². The molecule has 0 radical (unpaired) electrons. The number of oxazole rings is 1. The van der Waals surface area contributed by atoms with E-state index < -0.39 is 10.8 Å². The van der Waals surface area contributed by atoms with Crippen LogP contribution in [-0.4, -0.2) is 54.8 Å². The van der Waals surface area contributed by atoms with Crippen LogP contribution in [0.4, 0.5) is 0 Å². The number of methoxy groups -OCH3 is 2. The molecule has 29 heavy (non-hydrogen) atoms. The lowest BCUT2D eigenvalue weighted by molar-refractivity contribution is -0.118. The molecule has 9 heteroatoms. The van der Waals surface area contributed by atoms with E-state index in [9.17, 15) is 9.00 Å². The van der Waals surface area contributed by atoms with Crippen LogP contribution < -0.4 is 14.8 Å². The molecule has 0 bridgehead atoms. The van der Waals surface area contributed by atoms with E-state index in [-0.39, 0.29) is 17.4 Å². The van der Waals surface area contributed by atoms with Gasteiger partial charge in [0.2, 0.25) is 11.8 Å². The Labute approximate surface area is 173 Å². The molecule has 0 aliphatic carbocycles. The molecule has 8 nitrogen and oxygen atoms in total. The van der Waals surface area contributed by atoms with Gasteiger partial charge in [-0.2, -0.15) is 0 Å². The van der Waals surface area contributed by atoms with Gasteiger partial charge in [0.05, 0.1) is 25.7 Å². The molecule has 0 aliphatic rings. The van der Waals surface area contributed by atoms with Gasteiger partial charge >= 0.3 is 0 Å². The van der Waals surface area contributed by atoms with Crippen LogP contribution in [0.1, 0.15) is 24.8 Å². The number of aromatic nitrogens is 1. The quantitative estimate of drug-likeness (QED) is 0.523. The number of nitrogens with one attached hydrogen (secondary N) is 1. The van der Waals surface area contributed by atoms with Crippen molar-refractivity contribution in [2.75, 3.05) is 39.7 Å². The third-order valence-electron chi connectivity index (χ3n) is 4.10. The summed E-state index contributed by atoms with van der Waals surface area (Å²) in [5.41, 5.74) is 1.28. The molecule has 2 rings (SSSR count). The van der Waals surface area contributed by atoms with Gasteiger partial charge in [-0.25, -0.2) is 4.98 Å². The Morgan fingerprint density at radius 3 is 2.69 bits per heavy atom. The van der Waals surface area contributed by atoms with E-state index in [0.717, 1.165) is 12.0 Å². The molecule has 0 fully saturated rings. The number of rotatable bonds is 12. The minimum Gasteiger partial charge on any atom is -0.493 e. The summed E-state index contributed by atoms with van der Waals surface area (Å²) in [6, 6.07) is 5.34. The average molecular weight is 425 g/mol. The molecule has 1 amide bonds. The number of ether oxygens (including phenoxy) is 3. The molecule has 0 saturated carbocycles. The standard InChI is InChI=1S/C20H28N2O6S/c1-5-27-10-6-9-21-19(23)13-29(24)12-16-14(2)28-20(22-16)15-7-8-17(25-3)18(11-15)26-4/h7-8,11H,5-6,9-10,12-13H2,1-4H3,(H,21,23). The van der Waals surface area contributed by atoms with Gasteiger partial charge in [0.15, 0.2) is 11.5 Å². The summed E-state index contributed by atoms with van der Waals surface area (Å²) < 4.78 is 33.8. The summed E-state index contributed by atoms with van der Waals surface area (Å²) in [5.74, 6) is 1.96. The normalized spacial score (nSPS) is 11.9. The molecular weight excluding hydrogens is 396 g/mol. The first kappa shape index (κ1) is 22.9. The molecule has 0 spiro atoms. The molecule has 0 saturated heterocycles. The van der Waals surface area contributed by atoms with Crippen LogP contribution in [0.5, 0.6) is 11.5 Å². The van der Waals surface area contributed by atoms with Crippen molar-refractivity contribution in [3.05, 3.63) is 29.7 Å². The lowest BCUT2D eigenvalue weighted by Crippen LogP contribution is -2.30. The first-order chi connectivity index (χ1) is 14.0. The average Bonchev–Trinajstić information content (AvgIpc) is 3.07. The molecule has 160 valence electrons. The minimum absolute atomic E-state index is 0.0768. The Kier molecular flexibility index (Phi) is 9.14. The van der Waals surface area contributed by atoms with Crippen molar-refractivity contribution >= 4 is 16.7 Å². The topological polar surface area (TPSA) is 99.9 Å². The number of benzene rings is 1. The maximum atomic E-state index is 12.3. The lowest BCUT2D eigenvalue weighted by Gasteiger charge is -2.07. The molecule has 1 N–H and O–H groups in total. The smallest absolute Gasteiger partial charge is 0.232 e. The fraction of sp³-hybridized carbons (Fsp3) is 0.500. The Morgan fingerprint density at radius 2 is 2.00 bits per heavy atom. The van der Waals surface area contributed by atoms with E-state index in [4.69, 9.17) is 18.6 Å². The van der Waals surface area contributed by atoms with Crippen molar-refractivity contribution in [1.29, 1.82) is 0 Å². The van der Waals surface area contributed by atoms with E-state index in [1.165, 1.54) is 0 Å². The second kappa shape index (κ2) is 11.6. The monoisotopic (exact) mass is 424 g/mol. The molecule has 0 aliphatic heterocycles. The van der Waals surface area contributed by atoms with Crippen LogP contribution >= 0.6 is 0 Å². The predicted molar refractivity (Wildman–Crippen MR) is 111 cm³/mol. The van der Waals surface area contributed by atoms with Crippen molar-refractivity contribution in [3.63, 3.8) is 0 Å². The highest BCUT2D eigenvalue weighted by molar-refractivity contribution is 7.84. The van der Waals surface area contributed by atoms with Gasteiger partial charge in [-0.3, -0.25) is 9.00 Å². The lowest BCUT2D eigenvalue weighted by atomic mass is 10.2. The summed E-state index contributed by atoms with van der Waals surface area (Å²) in [6.07, 6.45) is 0.725. The summed E-state index contributed by atoms with van der Waals surface area (Å²) in [4.78, 5) is 16.4. The van der Waals surface area contributed by atoms with Gasteiger partial charge in [-0.1, -0.05) is 0 Å². The second-order valence-corrected chi connectivity index (χ2v) is 7.68. The van der Waals surface area contributed by atoms with Crippen molar-refractivity contribution < 1.29 is 27.6 Å². The zero-order valence-electron chi connectivity index (χ0n) is 17.3. The van der Waals surface area contributed by atoms with Crippen molar-refractivity contribution in [1.82, 2.24) is 10.3 Å². The van der Waals surface area contributed by atoms with Gasteiger partial charge in [0.1, 0.15) is 11.5 Å². The number of amides is 1. The SMILES string of the molecule is CCOCCCNC(=O)CS(=O)Cc1nc(-c2ccc(OC)c(OC)c2)oc1C. The Balaban J connectivity index is 1.95. The van der Waals surface area contributed by atoms with Crippen LogP contribution in [0.25, 0.3) is 11.5 Å². The van der Waals surface area contributed by atoms with Gasteiger partial charge in [-0.05, 0) is 38.5 Å². The zero-order valence-corrected chi connectivity index (χ0v) is 18.1. The molecule has 2 aromatic rings. The highest BCUT2D eigenvalue weighted by atomic mass is 32.2. The predicted octanol–water partition coefficient (Wildman–Crippen LogP) is 2.46. The maximum absolute atomic E-state index is 12.3. The number of carbonyl (C=O) groups excluding carboxylic acids is 1. The van der Waals surface area contributed by atoms with Crippen molar-refractivity contribution in [3.8, 4) is 23.0 Å². The van der Waals surface area contributed by atoms with Gasteiger partial charge in [0.25, 0.3) is 0 Å². The number of hydrogen-bond donors (Lipinski definition) is 1. The Bertz CT molecular complexity index is 836. The number of aryl methyl sites for hydroxylation is 1. The third kappa shape index (κ3) is 6.86. The first-order valence-electron chi connectivity index (χ1n) is 9.36. The first-order valence-corrected chi connectivity index (χ1v) is 10.8. The molecule has 1 heterocycles. The van der Waals surface area contributed by atoms with Crippen LogP contribution in [0.3, 0.4) is 0 Å². The van der Waals surface area contributed by atoms with E-state index in [0.29, 0.717) is 48.6 Å². The van der Waals surface area contributed by atoms with E-state index in [1.54, 1.807) is 33.3 Å². The highest BCUT2D eigenvalue weighted by Gasteiger charge is 2.17.